The fourth-order valence-electron chi connectivity index (χ4n) is 7.83. The molecule has 2 bridgehead atoms. The first-order valence-electron chi connectivity index (χ1n) is 24.7. The molecule has 0 spiro atoms. The number of fused-ring (bicyclic) bond motifs is 4. The maximum absolute atomic E-state index is 13.7. The zero-order chi connectivity index (χ0) is 52.0. The van der Waals surface area contributed by atoms with Gasteiger partial charge in [0.05, 0.1) is 37.1 Å². The molecule has 1 unspecified atom stereocenters. The Bertz CT molecular complexity index is 1750. The number of phosphoric acid groups is 2. The summed E-state index contributed by atoms with van der Waals surface area (Å²) >= 11 is 0. The molecule has 70 heavy (non-hydrogen) atoms. The van der Waals surface area contributed by atoms with Gasteiger partial charge in [-0.15, -0.1) is 0 Å². The number of phosphoric ester groups is 2. The summed E-state index contributed by atoms with van der Waals surface area (Å²) < 4.78 is 52.1. The van der Waals surface area contributed by atoms with Crippen LogP contribution in [0.2, 0.25) is 0 Å². The number of carbonyl (C=O) groups excluding carboxylic acids is 2. The Labute approximate surface area is 413 Å². The Hall–Kier alpha value is -2.68. The standard InChI is InChI=1S/C49H82O19P2/c1-3-5-7-8-9-10-11-12-13-14-15-16-17-18-19-20-25-29-42(53)64-34-37-35-65-70(62,63)68-49-47(58)46(57)44(55)38(28-24-21-22-26-30-43(54)66-37)40(51)33-41(52)39(32-31-36(50)27-23-6-4-2)45(56)48(49)67-69(59,60)61/h9-10,12-13,15-16,18-19,21,24,31-32,36-41,44-52,55-58H,3-8,11,14,17,20,22-23,25-30,33-35H2,1-2H3,(H,62,63)(H2,59,60,61)/b10-9-,13-12-,16-15-,19-18-,24-21?,32-31?/t36-,37+,38-,39-,40-,41+,44+,45+,46-,47+,48+,49-/m0/s1. The average Bonchev–Trinajstić information content (AvgIpc) is 3.30. The van der Waals surface area contributed by atoms with Gasteiger partial charge in [-0.25, -0.2) is 9.13 Å². The van der Waals surface area contributed by atoms with E-state index in [2.05, 4.69) is 37.3 Å². The summed E-state index contributed by atoms with van der Waals surface area (Å²) in [5, 5.41) is 79.6. The molecule has 1 fully saturated rings. The van der Waals surface area contributed by atoms with Crippen LogP contribution in [0, 0.1) is 11.8 Å². The number of allylic oxidation sites excluding steroid dienone is 10. The molecule has 1 aliphatic heterocycles. The topological polar surface area (TPSA) is 317 Å². The van der Waals surface area contributed by atoms with E-state index in [1.54, 1.807) is 6.08 Å². The highest BCUT2D eigenvalue weighted by Gasteiger charge is 2.51. The van der Waals surface area contributed by atoms with Crippen molar-refractivity contribution in [2.75, 3.05) is 13.2 Å². The smallest absolute Gasteiger partial charge is 0.462 e. The minimum atomic E-state index is -5.77. The number of hydrogen-bond acceptors (Lipinski definition) is 16. The van der Waals surface area contributed by atoms with Crippen molar-refractivity contribution in [1.29, 1.82) is 0 Å². The third kappa shape index (κ3) is 26.9. The van der Waals surface area contributed by atoms with Gasteiger partial charge in [0.2, 0.25) is 0 Å². The molecule has 2 rings (SSSR count). The maximum atomic E-state index is 13.7. The molecule has 21 heteroatoms. The van der Waals surface area contributed by atoms with Gasteiger partial charge in [0, 0.05) is 31.1 Å². The van der Waals surface area contributed by atoms with Crippen LogP contribution in [0.25, 0.3) is 0 Å². The van der Waals surface area contributed by atoms with Crippen LogP contribution in [-0.2, 0) is 41.8 Å². The molecular weight excluding hydrogens is 954 g/mol. The second-order valence-electron chi connectivity index (χ2n) is 17.8. The van der Waals surface area contributed by atoms with Crippen LogP contribution in [0.5, 0.6) is 0 Å². The van der Waals surface area contributed by atoms with Gasteiger partial charge in [0.1, 0.15) is 31.0 Å². The molecule has 0 radical (unpaired) electrons. The molecule has 0 saturated heterocycles. The van der Waals surface area contributed by atoms with Gasteiger partial charge in [0.15, 0.2) is 6.10 Å². The summed E-state index contributed by atoms with van der Waals surface area (Å²) in [7, 11) is -11.5. The van der Waals surface area contributed by atoms with E-state index in [4.69, 9.17) is 23.0 Å². The molecule has 0 aromatic carbocycles. The highest BCUT2D eigenvalue weighted by Crippen LogP contribution is 2.50. The van der Waals surface area contributed by atoms with Gasteiger partial charge in [-0.05, 0) is 70.6 Å². The molecule has 0 aromatic heterocycles. The van der Waals surface area contributed by atoms with Crippen molar-refractivity contribution < 1.29 is 92.2 Å². The lowest BCUT2D eigenvalue weighted by Gasteiger charge is -2.38. The lowest BCUT2D eigenvalue weighted by atomic mass is 9.83. The van der Waals surface area contributed by atoms with Crippen LogP contribution in [0.4, 0.5) is 0 Å². The number of carbonyl (C=O) groups is 2. The molecule has 1 saturated carbocycles. The summed E-state index contributed by atoms with van der Waals surface area (Å²) in [6.45, 7) is 2.49. The minimum absolute atomic E-state index is 0.0227. The number of unbranched alkanes of at least 4 members (excludes halogenated alkanes) is 6. The monoisotopic (exact) mass is 1040 g/mol. The predicted octanol–water partition coefficient (Wildman–Crippen LogP) is 6.00. The highest BCUT2D eigenvalue weighted by atomic mass is 31.2. The number of hydrogen-bond donors (Lipinski definition) is 10. The zero-order valence-corrected chi connectivity index (χ0v) is 42.5. The molecule has 13 atom stereocenters. The second kappa shape index (κ2) is 35.5. The van der Waals surface area contributed by atoms with Crippen molar-refractivity contribution >= 4 is 27.6 Å². The fraction of sp³-hybridized carbons (Fsp3) is 0.714. The molecule has 10 N–H and O–H groups in total. The number of aliphatic hydroxyl groups is 7. The normalized spacial score (nSPS) is 31.1. The lowest BCUT2D eigenvalue weighted by Crippen LogP contribution is -2.56. The van der Waals surface area contributed by atoms with Gasteiger partial charge in [-0.1, -0.05) is 119 Å². The summed E-state index contributed by atoms with van der Waals surface area (Å²) in [4.78, 5) is 56.7. The number of esters is 2. The Morgan fingerprint density at radius 2 is 1.44 bits per heavy atom. The first kappa shape index (κ1) is 63.4. The van der Waals surface area contributed by atoms with Crippen LogP contribution in [0.3, 0.4) is 0 Å². The van der Waals surface area contributed by atoms with Crippen LogP contribution in [-0.4, -0.2) is 137 Å². The van der Waals surface area contributed by atoms with Crippen LogP contribution in [0.15, 0.2) is 72.9 Å². The lowest BCUT2D eigenvalue weighted by molar-refractivity contribution is -0.165. The molecular formula is C49H82O19P2. The summed E-state index contributed by atoms with van der Waals surface area (Å²) in [6.07, 6.45) is 11.1. The van der Waals surface area contributed by atoms with E-state index in [1.165, 1.54) is 31.4 Å². The molecule has 402 valence electrons. The summed E-state index contributed by atoms with van der Waals surface area (Å²) in [5.41, 5.74) is 0. The number of rotatable bonds is 24. The predicted molar refractivity (Wildman–Crippen MR) is 261 cm³/mol. The van der Waals surface area contributed by atoms with Gasteiger partial charge in [-0.3, -0.25) is 23.2 Å². The molecule has 0 amide bonds. The van der Waals surface area contributed by atoms with Crippen molar-refractivity contribution in [3.8, 4) is 0 Å². The molecule has 1 heterocycles. The van der Waals surface area contributed by atoms with Gasteiger partial charge >= 0.3 is 27.6 Å². The molecule has 1 aliphatic carbocycles. The number of ether oxygens (including phenoxy) is 2. The van der Waals surface area contributed by atoms with Crippen LogP contribution in [0.1, 0.15) is 136 Å². The Morgan fingerprint density at radius 3 is 2.07 bits per heavy atom. The quantitative estimate of drug-likeness (QED) is 0.0229. The average molecular weight is 1040 g/mol. The highest BCUT2D eigenvalue weighted by molar-refractivity contribution is 7.47. The van der Waals surface area contributed by atoms with E-state index < -0.39 is 120 Å². The van der Waals surface area contributed by atoms with Crippen molar-refractivity contribution in [2.45, 2.75) is 197 Å². The van der Waals surface area contributed by atoms with E-state index >= 15 is 0 Å². The van der Waals surface area contributed by atoms with Crippen molar-refractivity contribution in [3.63, 3.8) is 0 Å². The Morgan fingerprint density at radius 1 is 0.829 bits per heavy atom. The first-order chi connectivity index (χ1) is 33.3. The molecule has 0 aromatic rings. The molecule has 19 nitrogen and oxygen atoms in total. The second-order valence-corrected chi connectivity index (χ2v) is 20.4. The molecule has 2 aliphatic rings. The minimum Gasteiger partial charge on any atom is -0.462 e. The van der Waals surface area contributed by atoms with Crippen molar-refractivity contribution in [1.82, 2.24) is 0 Å². The third-order valence-electron chi connectivity index (χ3n) is 11.8. The summed E-state index contributed by atoms with van der Waals surface area (Å²) in [5.74, 6) is -4.59. The van der Waals surface area contributed by atoms with E-state index in [0.717, 1.165) is 38.2 Å². The van der Waals surface area contributed by atoms with Crippen LogP contribution >= 0.6 is 15.6 Å². The Kier molecular flexibility index (Phi) is 32.1. The van der Waals surface area contributed by atoms with Gasteiger partial charge in [-0.2, -0.15) is 0 Å². The third-order valence-corrected chi connectivity index (χ3v) is 13.3. The van der Waals surface area contributed by atoms with Gasteiger partial charge < -0.3 is 59.9 Å². The Balaban J connectivity index is 2.29. The van der Waals surface area contributed by atoms with E-state index in [1.807, 2.05) is 25.2 Å². The zero-order valence-electron chi connectivity index (χ0n) is 40.7. The largest absolute Gasteiger partial charge is 0.472 e. The number of aliphatic hydroxyl groups excluding tert-OH is 7. The summed E-state index contributed by atoms with van der Waals surface area (Å²) in [6, 6.07) is 0. The van der Waals surface area contributed by atoms with Crippen LogP contribution < -0.4 is 0 Å². The van der Waals surface area contributed by atoms with E-state index in [-0.39, 0.29) is 38.5 Å². The van der Waals surface area contributed by atoms with Crippen molar-refractivity contribution in [2.24, 2.45) is 11.8 Å². The van der Waals surface area contributed by atoms with Gasteiger partial charge in [0.25, 0.3) is 0 Å². The van der Waals surface area contributed by atoms with E-state index in [9.17, 15) is 69.1 Å². The fourth-order valence-corrected chi connectivity index (χ4v) is 9.36. The SMILES string of the molecule is CCCCC/C=C\C/C=C\C/C=C\C/C=C\CCCC(=O)OC[C@@H]1COP(=O)(O)O[C@H]2[C@H](O)[C@@H](O)[C@H](O)[C@@H](CC=CCCCC(=O)O1)[C@@H](O)C[C@@H](O)[C@H](C=C[C@@H](O)CCCCC)[C@@H](O)[C@H]2OP(=O)(O)O. The van der Waals surface area contributed by atoms with E-state index in [0.29, 0.717) is 25.7 Å². The number of cyclic esters (lactones) is 1. The maximum Gasteiger partial charge on any atom is 0.472 e. The van der Waals surface area contributed by atoms with Crippen molar-refractivity contribution in [3.05, 3.63) is 72.9 Å². The first-order valence-corrected chi connectivity index (χ1v) is 27.8.